The molecule has 0 fully saturated rings. The monoisotopic (exact) mass is 172 g/mol. The molecule has 0 amide bonds. The van der Waals surface area contributed by atoms with Gasteiger partial charge in [0.15, 0.2) is 0 Å². The number of aliphatic hydroxyl groups is 2. The normalized spacial score (nSPS) is 14.3. The highest BCUT2D eigenvalue weighted by Crippen LogP contribution is 2.22. The van der Waals surface area contributed by atoms with Crippen molar-refractivity contribution in [2.24, 2.45) is 0 Å². The largest absolute Gasteiger partial charge is 0.390 e. The molecule has 12 heavy (non-hydrogen) atoms. The van der Waals surface area contributed by atoms with Gasteiger partial charge in [0.25, 0.3) is 0 Å². The lowest BCUT2D eigenvalue weighted by atomic mass is 9.88. The summed E-state index contributed by atoms with van der Waals surface area (Å²) in [7, 11) is 0. The van der Waals surface area contributed by atoms with Crippen LogP contribution in [0, 0.1) is 0 Å². The molecule has 0 heterocycles. The van der Waals surface area contributed by atoms with Gasteiger partial charge in [-0.1, -0.05) is 19.9 Å². The van der Waals surface area contributed by atoms with Crippen LogP contribution < -0.4 is 0 Å². The number of hydrogen-bond acceptors (Lipinski definition) is 2. The maximum absolute atomic E-state index is 9.84. The summed E-state index contributed by atoms with van der Waals surface area (Å²) < 4.78 is 0. The smallest absolute Gasteiger partial charge is 0.0900 e. The molecular weight excluding hydrogens is 152 g/mol. The highest BCUT2D eigenvalue weighted by Gasteiger charge is 2.30. The third-order valence-corrected chi connectivity index (χ3v) is 2.49. The van der Waals surface area contributed by atoms with Crippen molar-refractivity contribution < 1.29 is 10.2 Å². The Hall–Kier alpha value is -0.340. The quantitative estimate of drug-likeness (QED) is 0.600. The standard InChI is InChI=1S/C10H20O2/c1-4-7-8-9(11)10(12,5-2)6-3/h4,9,11-12H,1,5-8H2,2-3H3. The fraction of sp³-hybridized carbons (Fsp3) is 0.800. The molecule has 1 unspecified atom stereocenters. The summed E-state index contributed by atoms with van der Waals surface area (Å²) in [6, 6.07) is 0. The van der Waals surface area contributed by atoms with E-state index in [0.717, 1.165) is 6.42 Å². The van der Waals surface area contributed by atoms with Crippen LogP contribution in [0.1, 0.15) is 39.5 Å². The minimum atomic E-state index is -0.900. The van der Waals surface area contributed by atoms with Crippen LogP contribution >= 0.6 is 0 Å². The minimum Gasteiger partial charge on any atom is -0.390 e. The van der Waals surface area contributed by atoms with E-state index in [1.54, 1.807) is 6.08 Å². The van der Waals surface area contributed by atoms with Crippen molar-refractivity contribution in [3.05, 3.63) is 12.7 Å². The molecule has 72 valence electrons. The molecule has 0 aromatic heterocycles. The van der Waals surface area contributed by atoms with Crippen molar-refractivity contribution in [3.63, 3.8) is 0 Å². The average Bonchev–Trinajstić information content (AvgIpc) is 2.12. The summed E-state index contributed by atoms with van der Waals surface area (Å²) >= 11 is 0. The van der Waals surface area contributed by atoms with E-state index in [2.05, 4.69) is 6.58 Å². The predicted molar refractivity (Wildman–Crippen MR) is 51.0 cm³/mol. The molecule has 0 aromatic rings. The van der Waals surface area contributed by atoms with E-state index in [9.17, 15) is 10.2 Å². The van der Waals surface area contributed by atoms with E-state index >= 15 is 0 Å². The molecule has 0 saturated carbocycles. The molecule has 0 radical (unpaired) electrons. The fourth-order valence-electron chi connectivity index (χ4n) is 1.27. The zero-order valence-electron chi connectivity index (χ0n) is 8.08. The van der Waals surface area contributed by atoms with Crippen molar-refractivity contribution in [2.75, 3.05) is 0 Å². The van der Waals surface area contributed by atoms with Gasteiger partial charge in [0.1, 0.15) is 0 Å². The first-order valence-corrected chi connectivity index (χ1v) is 4.62. The van der Waals surface area contributed by atoms with Gasteiger partial charge in [-0.3, -0.25) is 0 Å². The Balaban J connectivity index is 4.01. The van der Waals surface area contributed by atoms with E-state index in [1.807, 2.05) is 13.8 Å². The van der Waals surface area contributed by atoms with Crippen molar-refractivity contribution >= 4 is 0 Å². The summed E-state index contributed by atoms with van der Waals surface area (Å²) in [5.41, 5.74) is -0.900. The fourth-order valence-corrected chi connectivity index (χ4v) is 1.27. The van der Waals surface area contributed by atoms with E-state index < -0.39 is 11.7 Å². The lowest BCUT2D eigenvalue weighted by molar-refractivity contribution is -0.0822. The summed E-state index contributed by atoms with van der Waals surface area (Å²) in [5.74, 6) is 0. The van der Waals surface area contributed by atoms with E-state index in [-0.39, 0.29) is 0 Å². The van der Waals surface area contributed by atoms with Gasteiger partial charge in [0.2, 0.25) is 0 Å². The Labute approximate surface area is 74.9 Å². The predicted octanol–water partition coefficient (Wildman–Crippen LogP) is 1.86. The maximum Gasteiger partial charge on any atom is 0.0900 e. The second-order valence-electron chi connectivity index (χ2n) is 3.19. The first kappa shape index (κ1) is 11.7. The van der Waals surface area contributed by atoms with E-state index in [0.29, 0.717) is 19.3 Å². The van der Waals surface area contributed by atoms with Gasteiger partial charge in [-0.15, -0.1) is 6.58 Å². The number of rotatable bonds is 6. The van der Waals surface area contributed by atoms with Crippen molar-refractivity contribution in [3.8, 4) is 0 Å². The maximum atomic E-state index is 9.84. The molecule has 1 atom stereocenters. The van der Waals surface area contributed by atoms with E-state index in [1.165, 1.54) is 0 Å². The second kappa shape index (κ2) is 5.33. The van der Waals surface area contributed by atoms with Gasteiger partial charge in [-0.25, -0.2) is 0 Å². The average molecular weight is 172 g/mol. The Kier molecular flexibility index (Phi) is 5.18. The van der Waals surface area contributed by atoms with Crippen LogP contribution in [0.25, 0.3) is 0 Å². The second-order valence-corrected chi connectivity index (χ2v) is 3.19. The number of hydrogen-bond donors (Lipinski definition) is 2. The molecule has 2 nitrogen and oxygen atoms in total. The van der Waals surface area contributed by atoms with Crippen LogP contribution in [0.5, 0.6) is 0 Å². The van der Waals surface area contributed by atoms with Crippen LogP contribution in [0.2, 0.25) is 0 Å². The van der Waals surface area contributed by atoms with Crippen molar-refractivity contribution in [1.82, 2.24) is 0 Å². The first-order chi connectivity index (χ1) is 5.60. The highest BCUT2D eigenvalue weighted by molar-refractivity contribution is 4.85. The van der Waals surface area contributed by atoms with Crippen LogP contribution in [-0.4, -0.2) is 21.9 Å². The summed E-state index contributed by atoms with van der Waals surface area (Å²) in [4.78, 5) is 0. The molecule has 0 aliphatic heterocycles. The molecule has 0 aliphatic rings. The molecule has 0 rings (SSSR count). The summed E-state index contributed by atoms with van der Waals surface area (Å²) in [6.07, 6.45) is 3.69. The van der Waals surface area contributed by atoms with Gasteiger partial charge >= 0.3 is 0 Å². The van der Waals surface area contributed by atoms with Crippen LogP contribution in [0.15, 0.2) is 12.7 Å². The van der Waals surface area contributed by atoms with Crippen LogP contribution in [-0.2, 0) is 0 Å². The lowest BCUT2D eigenvalue weighted by Crippen LogP contribution is -2.40. The van der Waals surface area contributed by atoms with Gasteiger partial charge < -0.3 is 10.2 Å². The van der Waals surface area contributed by atoms with Crippen LogP contribution in [0.4, 0.5) is 0 Å². The van der Waals surface area contributed by atoms with Crippen molar-refractivity contribution in [1.29, 1.82) is 0 Å². The Morgan fingerprint density at radius 3 is 2.25 bits per heavy atom. The molecule has 0 aromatic carbocycles. The van der Waals surface area contributed by atoms with Gasteiger partial charge in [-0.05, 0) is 25.7 Å². The zero-order valence-corrected chi connectivity index (χ0v) is 8.08. The summed E-state index contributed by atoms with van der Waals surface area (Å²) in [5, 5.41) is 19.4. The molecule has 0 bridgehead atoms. The Bertz CT molecular complexity index is 128. The number of aliphatic hydroxyl groups excluding tert-OH is 1. The minimum absolute atomic E-state index is 0.599. The SMILES string of the molecule is C=CCCC(O)C(O)(CC)CC. The molecule has 0 saturated heterocycles. The topological polar surface area (TPSA) is 40.5 Å². The molecule has 0 spiro atoms. The third-order valence-electron chi connectivity index (χ3n) is 2.49. The summed E-state index contributed by atoms with van der Waals surface area (Å²) in [6.45, 7) is 7.35. The third kappa shape index (κ3) is 2.95. The van der Waals surface area contributed by atoms with Crippen molar-refractivity contribution in [2.45, 2.75) is 51.2 Å². The van der Waals surface area contributed by atoms with Gasteiger partial charge in [-0.2, -0.15) is 0 Å². The molecule has 0 aliphatic carbocycles. The lowest BCUT2D eigenvalue weighted by Gasteiger charge is -2.30. The molecular formula is C10H20O2. The van der Waals surface area contributed by atoms with Crippen LogP contribution in [0.3, 0.4) is 0 Å². The highest BCUT2D eigenvalue weighted by atomic mass is 16.3. The van der Waals surface area contributed by atoms with Gasteiger partial charge in [0.05, 0.1) is 11.7 Å². The molecule has 2 heteroatoms. The van der Waals surface area contributed by atoms with E-state index in [4.69, 9.17) is 0 Å². The number of allylic oxidation sites excluding steroid dienone is 1. The Morgan fingerprint density at radius 1 is 1.42 bits per heavy atom. The zero-order chi connectivity index (χ0) is 9.61. The Morgan fingerprint density at radius 2 is 1.92 bits per heavy atom. The molecule has 2 N–H and O–H groups in total. The van der Waals surface area contributed by atoms with Gasteiger partial charge in [0, 0.05) is 0 Å². The first-order valence-electron chi connectivity index (χ1n) is 4.62.